The van der Waals surface area contributed by atoms with Gasteiger partial charge < -0.3 is 5.11 Å². The summed E-state index contributed by atoms with van der Waals surface area (Å²) in [4.78, 5) is 9.84. The van der Waals surface area contributed by atoms with E-state index in [1.54, 1.807) is 0 Å². The first-order chi connectivity index (χ1) is 6.34. The van der Waals surface area contributed by atoms with Crippen molar-refractivity contribution in [2.75, 3.05) is 0 Å². The van der Waals surface area contributed by atoms with E-state index in [2.05, 4.69) is 0 Å². The molecule has 0 aliphatic heterocycles. The highest BCUT2D eigenvalue weighted by molar-refractivity contribution is 5.44. The van der Waals surface area contributed by atoms with Crippen LogP contribution in [0.2, 0.25) is 0 Å². The van der Waals surface area contributed by atoms with E-state index in [0.717, 1.165) is 12.1 Å². The molecule has 1 N–H and O–H groups in total. The smallest absolute Gasteiger partial charge is 0.278 e. The third-order valence-electron chi connectivity index (χ3n) is 1.80. The quantitative estimate of drug-likeness (QED) is 0.585. The van der Waals surface area contributed by atoms with Gasteiger partial charge in [0, 0.05) is 6.07 Å². The molecule has 14 heavy (non-hydrogen) atoms. The second-order valence-corrected chi connectivity index (χ2v) is 3.45. The highest BCUT2D eigenvalue weighted by atomic mass is 19.1. The predicted octanol–water partition coefficient (Wildman–Crippen LogP) is 1.96. The maximum Gasteiger partial charge on any atom is 0.278 e. The standard InChI is InChI=1S/C9H10FNO3/c1-9(2,12)8-6(10)4-3-5-7(8)11(13)14/h3-5,12H,1-2H3. The third kappa shape index (κ3) is 1.88. The van der Waals surface area contributed by atoms with Crippen molar-refractivity contribution in [1.29, 1.82) is 0 Å². The summed E-state index contributed by atoms with van der Waals surface area (Å²) in [7, 11) is 0. The number of nitrogens with zero attached hydrogens (tertiary/aromatic N) is 1. The Hall–Kier alpha value is -1.49. The second-order valence-electron chi connectivity index (χ2n) is 3.45. The van der Waals surface area contributed by atoms with Gasteiger partial charge in [0.15, 0.2) is 0 Å². The molecule has 5 heteroatoms. The lowest BCUT2D eigenvalue weighted by molar-refractivity contribution is -0.386. The Bertz CT molecular complexity index is 371. The van der Waals surface area contributed by atoms with Crippen molar-refractivity contribution < 1.29 is 14.4 Å². The van der Waals surface area contributed by atoms with Gasteiger partial charge in [0.25, 0.3) is 5.69 Å². The molecule has 1 aromatic carbocycles. The van der Waals surface area contributed by atoms with Crippen LogP contribution in [0.1, 0.15) is 19.4 Å². The summed E-state index contributed by atoms with van der Waals surface area (Å²) in [6.45, 7) is 2.61. The van der Waals surface area contributed by atoms with Crippen LogP contribution < -0.4 is 0 Å². The molecule has 0 aliphatic rings. The van der Waals surface area contributed by atoms with E-state index >= 15 is 0 Å². The SMILES string of the molecule is CC(C)(O)c1c(F)cccc1[N+](=O)[O-]. The van der Waals surface area contributed by atoms with Gasteiger partial charge in [-0.1, -0.05) is 6.07 Å². The molecule has 0 spiro atoms. The van der Waals surface area contributed by atoms with Crippen LogP contribution in [0.4, 0.5) is 10.1 Å². The zero-order valence-electron chi connectivity index (χ0n) is 7.82. The summed E-state index contributed by atoms with van der Waals surface area (Å²) in [6.07, 6.45) is 0. The molecular formula is C9H10FNO3. The maximum atomic E-state index is 13.2. The number of nitro benzene ring substituents is 1. The van der Waals surface area contributed by atoms with Crippen molar-refractivity contribution in [3.8, 4) is 0 Å². The molecule has 0 saturated heterocycles. The maximum absolute atomic E-state index is 13.2. The van der Waals surface area contributed by atoms with Crippen molar-refractivity contribution in [3.63, 3.8) is 0 Å². The minimum absolute atomic E-state index is 0.287. The van der Waals surface area contributed by atoms with Gasteiger partial charge in [-0.05, 0) is 19.9 Å². The van der Waals surface area contributed by atoms with Crippen molar-refractivity contribution in [3.05, 3.63) is 39.7 Å². The van der Waals surface area contributed by atoms with Gasteiger partial charge in [-0.25, -0.2) is 4.39 Å². The number of benzene rings is 1. The monoisotopic (exact) mass is 199 g/mol. The summed E-state index contributed by atoms with van der Waals surface area (Å²) >= 11 is 0. The molecule has 0 radical (unpaired) electrons. The summed E-state index contributed by atoms with van der Waals surface area (Å²) in [5.74, 6) is -0.772. The molecule has 0 heterocycles. The fourth-order valence-electron chi connectivity index (χ4n) is 1.27. The normalized spacial score (nSPS) is 11.4. The van der Waals surface area contributed by atoms with Crippen LogP contribution in [0.5, 0.6) is 0 Å². The molecule has 1 rings (SSSR count). The van der Waals surface area contributed by atoms with Gasteiger partial charge in [0.05, 0.1) is 16.1 Å². The summed E-state index contributed by atoms with van der Waals surface area (Å²) in [5, 5.41) is 20.1. The first-order valence-corrected chi connectivity index (χ1v) is 4.00. The molecule has 0 fully saturated rings. The Morgan fingerprint density at radius 1 is 1.50 bits per heavy atom. The van der Waals surface area contributed by atoms with Crippen LogP contribution in [0.3, 0.4) is 0 Å². The first-order valence-electron chi connectivity index (χ1n) is 4.00. The Kier molecular flexibility index (Phi) is 2.53. The minimum Gasteiger partial charge on any atom is -0.385 e. The van der Waals surface area contributed by atoms with E-state index in [4.69, 9.17) is 0 Å². The van der Waals surface area contributed by atoms with Crippen molar-refractivity contribution in [1.82, 2.24) is 0 Å². The zero-order valence-corrected chi connectivity index (χ0v) is 7.82. The van der Waals surface area contributed by atoms with E-state index in [-0.39, 0.29) is 5.56 Å². The molecule has 0 amide bonds. The number of halogens is 1. The van der Waals surface area contributed by atoms with Gasteiger partial charge in [-0.2, -0.15) is 0 Å². The van der Waals surface area contributed by atoms with E-state index < -0.39 is 22.0 Å². The number of aliphatic hydroxyl groups is 1. The van der Waals surface area contributed by atoms with E-state index in [1.165, 1.54) is 19.9 Å². The van der Waals surface area contributed by atoms with Crippen LogP contribution >= 0.6 is 0 Å². The Labute approximate surface area is 80.1 Å². The predicted molar refractivity (Wildman–Crippen MR) is 48.3 cm³/mol. The molecule has 4 nitrogen and oxygen atoms in total. The van der Waals surface area contributed by atoms with E-state index in [9.17, 15) is 19.6 Å². The molecule has 1 aromatic rings. The summed E-state index contributed by atoms with van der Waals surface area (Å²) in [5.41, 5.74) is -2.25. The fourth-order valence-corrected chi connectivity index (χ4v) is 1.27. The Balaban J connectivity index is 3.45. The molecule has 0 aliphatic carbocycles. The van der Waals surface area contributed by atoms with Gasteiger partial charge in [-0.15, -0.1) is 0 Å². The summed E-state index contributed by atoms with van der Waals surface area (Å²) < 4.78 is 13.2. The average molecular weight is 199 g/mol. The minimum atomic E-state index is -1.56. The number of rotatable bonds is 2. The molecule has 0 aromatic heterocycles. The molecule has 0 bridgehead atoms. The molecule has 0 atom stereocenters. The molecular weight excluding hydrogens is 189 g/mol. The van der Waals surface area contributed by atoms with Crippen LogP contribution in [-0.4, -0.2) is 10.0 Å². The number of nitro groups is 1. The lowest BCUT2D eigenvalue weighted by atomic mass is 9.96. The van der Waals surface area contributed by atoms with Gasteiger partial charge in [0.1, 0.15) is 5.82 Å². The first kappa shape index (κ1) is 10.6. The third-order valence-corrected chi connectivity index (χ3v) is 1.80. The lowest BCUT2D eigenvalue weighted by Gasteiger charge is -2.17. The fraction of sp³-hybridized carbons (Fsp3) is 0.333. The van der Waals surface area contributed by atoms with Gasteiger partial charge in [0.2, 0.25) is 0 Å². The van der Waals surface area contributed by atoms with Crippen LogP contribution in [0, 0.1) is 15.9 Å². The highest BCUT2D eigenvalue weighted by Crippen LogP contribution is 2.31. The van der Waals surface area contributed by atoms with Crippen molar-refractivity contribution in [2.24, 2.45) is 0 Å². The number of hydrogen-bond donors (Lipinski definition) is 1. The van der Waals surface area contributed by atoms with Crippen LogP contribution in [-0.2, 0) is 5.60 Å². The van der Waals surface area contributed by atoms with Crippen molar-refractivity contribution >= 4 is 5.69 Å². The molecule has 0 saturated carbocycles. The summed E-state index contributed by atoms with van der Waals surface area (Å²) in [6, 6.07) is 3.49. The van der Waals surface area contributed by atoms with E-state index in [1.807, 2.05) is 0 Å². The van der Waals surface area contributed by atoms with Crippen LogP contribution in [0.25, 0.3) is 0 Å². The average Bonchev–Trinajstić information content (AvgIpc) is 2.01. The van der Waals surface area contributed by atoms with Gasteiger partial charge in [-0.3, -0.25) is 10.1 Å². The number of hydrogen-bond acceptors (Lipinski definition) is 3. The molecule has 0 unspecified atom stereocenters. The topological polar surface area (TPSA) is 63.4 Å². The largest absolute Gasteiger partial charge is 0.385 e. The lowest BCUT2D eigenvalue weighted by Crippen LogP contribution is -2.19. The van der Waals surface area contributed by atoms with Crippen molar-refractivity contribution in [2.45, 2.75) is 19.4 Å². The zero-order chi connectivity index (χ0) is 10.9. The Morgan fingerprint density at radius 2 is 2.07 bits per heavy atom. The van der Waals surface area contributed by atoms with Gasteiger partial charge >= 0.3 is 0 Å². The van der Waals surface area contributed by atoms with Crippen LogP contribution in [0.15, 0.2) is 18.2 Å². The molecule has 76 valence electrons. The second kappa shape index (κ2) is 3.34. The van der Waals surface area contributed by atoms with E-state index in [0.29, 0.717) is 0 Å². The Morgan fingerprint density at radius 3 is 2.43 bits per heavy atom. The highest BCUT2D eigenvalue weighted by Gasteiger charge is 2.29.